The van der Waals surface area contributed by atoms with Crippen molar-refractivity contribution in [3.63, 3.8) is 0 Å². The van der Waals surface area contributed by atoms with Crippen molar-refractivity contribution in [3.05, 3.63) is 83.1 Å². The van der Waals surface area contributed by atoms with Crippen LogP contribution in [0.5, 0.6) is 11.5 Å². The minimum atomic E-state index is -0.530. The lowest BCUT2D eigenvalue weighted by Gasteiger charge is -2.22. The van der Waals surface area contributed by atoms with Gasteiger partial charge in [0.05, 0.1) is 42.6 Å². The first-order valence-electron chi connectivity index (χ1n) is 10.5. The zero-order valence-corrected chi connectivity index (χ0v) is 19.1. The molecule has 0 aliphatic carbocycles. The fourth-order valence-electron chi connectivity index (χ4n) is 3.95. The first kappa shape index (κ1) is 22.6. The van der Waals surface area contributed by atoms with Gasteiger partial charge in [0.2, 0.25) is 11.8 Å². The predicted octanol–water partition coefficient (Wildman–Crippen LogP) is 4.01. The van der Waals surface area contributed by atoms with E-state index in [2.05, 4.69) is 10.3 Å². The molecule has 1 aromatic heterocycles. The van der Waals surface area contributed by atoms with Gasteiger partial charge in [-0.3, -0.25) is 14.6 Å². The van der Waals surface area contributed by atoms with Crippen LogP contribution in [0.25, 0.3) is 0 Å². The van der Waals surface area contributed by atoms with Crippen molar-refractivity contribution in [1.29, 1.82) is 0 Å². The van der Waals surface area contributed by atoms with Crippen LogP contribution in [-0.4, -0.2) is 37.6 Å². The zero-order valence-electron chi connectivity index (χ0n) is 18.3. The number of ether oxygens (including phenoxy) is 2. The van der Waals surface area contributed by atoms with Crippen LogP contribution in [0.1, 0.15) is 23.7 Å². The molecule has 33 heavy (non-hydrogen) atoms. The lowest BCUT2D eigenvalue weighted by molar-refractivity contribution is -0.126. The third kappa shape index (κ3) is 4.78. The molecule has 1 fully saturated rings. The Morgan fingerprint density at radius 2 is 1.82 bits per heavy atom. The van der Waals surface area contributed by atoms with Crippen LogP contribution < -0.4 is 19.7 Å². The van der Waals surface area contributed by atoms with E-state index in [0.29, 0.717) is 22.2 Å². The highest BCUT2D eigenvalue weighted by molar-refractivity contribution is 6.32. The molecule has 1 N–H and O–H groups in total. The lowest BCUT2D eigenvalue weighted by Crippen LogP contribution is -2.36. The maximum atomic E-state index is 13.3. The molecule has 2 unspecified atom stereocenters. The largest absolute Gasteiger partial charge is 0.495 e. The fraction of sp³-hybridized carbons (Fsp3) is 0.240. The second-order valence-corrected chi connectivity index (χ2v) is 8.08. The van der Waals surface area contributed by atoms with E-state index in [9.17, 15) is 9.59 Å². The standard InChI is InChI=1S/C25H24ClN3O4/c1-32-21-14-22(33-2)20(13-18(21)26)29-15-17(12-23(29)30)25(31)28-24(16-8-4-3-5-9-16)19-10-6-7-11-27-19/h3-11,13-14,17,24H,12,15H2,1-2H3,(H,28,31). The fourth-order valence-corrected chi connectivity index (χ4v) is 4.19. The topological polar surface area (TPSA) is 80.8 Å². The highest BCUT2D eigenvalue weighted by Gasteiger charge is 2.37. The molecule has 0 radical (unpaired) electrons. The summed E-state index contributed by atoms with van der Waals surface area (Å²) in [5.41, 5.74) is 2.14. The monoisotopic (exact) mass is 465 g/mol. The van der Waals surface area contributed by atoms with Gasteiger partial charge in [0, 0.05) is 25.2 Å². The lowest BCUT2D eigenvalue weighted by atomic mass is 10.0. The Balaban J connectivity index is 1.56. The molecule has 3 aromatic rings. The number of nitrogens with zero attached hydrogens (tertiary/aromatic N) is 2. The Labute approximate surface area is 197 Å². The molecule has 2 amide bonds. The third-order valence-electron chi connectivity index (χ3n) is 5.64. The Morgan fingerprint density at radius 3 is 2.48 bits per heavy atom. The highest BCUT2D eigenvalue weighted by atomic mass is 35.5. The molecule has 8 heteroatoms. The quantitative estimate of drug-likeness (QED) is 0.570. The summed E-state index contributed by atoms with van der Waals surface area (Å²) in [6.45, 7) is 0.216. The second-order valence-electron chi connectivity index (χ2n) is 7.67. The summed E-state index contributed by atoms with van der Waals surface area (Å²) in [6, 6.07) is 18.0. The minimum absolute atomic E-state index is 0.0857. The Bertz CT molecular complexity index is 1100. The average molecular weight is 466 g/mol. The molecule has 0 saturated carbocycles. The van der Waals surface area contributed by atoms with Crippen molar-refractivity contribution in [3.8, 4) is 11.5 Å². The van der Waals surface area contributed by atoms with Gasteiger partial charge in [-0.15, -0.1) is 0 Å². The van der Waals surface area contributed by atoms with Gasteiger partial charge in [-0.05, 0) is 23.8 Å². The minimum Gasteiger partial charge on any atom is -0.495 e. The molecule has 1 saturated heterocycles. The van der Waals surface area contributed by atoms with Gasteiger partial charge in [0.25, 0.3) is 0 Å². The number of rotatable bonds is 7. The summed E-state index contributed by atoms with van der Waals surface area (Å²) in [6.07, 6.45) is 1.78. The normalized spacial score (nSPS) is 16.4. The van der Waals surface area contributed by atoms with Crippen molar-refractivity contribution >= 4 is 29.1 Å². The van der Waals surface area contributed by atoms with E-state index in [1.807, 2.05) is 48.5 Å². The molecule has 1 aliphatic rings. The van der Waals surface area contributed by atoms with Crippen LogP contribution in [0.4, 0.5) is 5.69 Å². The van der Waals surface area contributed by atoms with Crippen molar-refractivity contribution in [1.82, 2.24) is 10.3 Å². The maximum absolute atomic E-state index is 13.3. The van der Waals surface area contributed by atoms with Gasteiger partial charge in [-0.2, -0.15) is 0 Å². The van der Waals surface area contributed by atoms with Crippen LogP contribution in [0.15, 0.2) is 66.9 Å². The number of methoxy groups -OCH3 is 2. The number of hydrogen-bond acceptors (Lipinski definition) is 5. The smallest absolute Gasteiger partial charge is 0.227 e. The number of nitrogens with one attached hydrogen (secondary N) is 1. The summed E-state index contributed by atoms with van der Waals surface area (Å²) in [7, 11) is 3.01. The number of carbonyl (C=O) groups excluding carboxylic acids is 2. The van der Waals surface area contributed by atoms with E-state index in [0.717, 1.165) is 11.3 Å². The van der Waals surface area contributed by atoms with Gasteiger partial charge in [0.15, 0.2) is 0 Å². The maximum Gasteiger partial charge on any atom is 0.227 e. The van der Waals surface area contributed by atoms with Crippen molar-refractivity contribution in [2.24, 2.45) is 5.92 Å². The molecular formula is C25H24ClN3O4. The van der Waals surface area contributed by atoms with Gasteiger partial charge >= 0.3 is 0 Å². The number of pyridine rings is 1. The van der Waals surface area contributed by atoms with E-state index in [4.69, 9.17) is 21.1 Å². The summed E-state index contributed by atoms with van der Waals surface area (Å²) in [5, 5.41) is 3.44. The third-order valence-corrected chi connectivity index (χ3v) is 5.94. The number of halogens is 1. The van der Waals surface area contributed by atoms with Crippen molar-refractivity contribution < 1.29 is 19.1 Å². The van der Waals surface area contributed by atoms with Crippen molar-refractivity contribution in [2.75, 3.05) is 25.7 Å². The second kappa shape index (κ2) is 9.92. The van der Waals surface area contributed by atoms with Crippen LogP contribution >= 0.6 is 11.6 Å². The van der Waals surface area contributed by atoms with Gasteiger partial charge < -0.3 is 19.7 Å². The number of anilines is 1. The number of carbonyl (C=O) groups is 2. The zero-order chi connectivity index (χ0) is 23.4. The van der Waals surface area contributed by atoms with E-state index < -0.39 is 12.0 Å². The van der Waals surface area contributed by atoms with Crippen LogP contribution in [0.2, 0.25) is 5.02 Å². The first-order valence-corrected chi connectivity index (χ1v) is 10.9. The number of benzene rings is 2. The predicted molar refractivity (Wildman–Crippen MR) is 126 cm³/mol. The van der Waals surface area contributed by atoms with Crippen LogP contribution in [0, 0.1) is 5.92 Å². The molecule has 1 aliphatic heterocycles. The van der Waals surface area contributed by atoms with E-state index >= 15 is 0 Å². The summed E-state index contributed by atoms with van der Waals surface area (Å²) in [4.78, 5) is 32.1. The molecule has 2 aromatic carbocycles. The van der Waals surface area contributed by atoms with E-state index in [-0.39, 0.29) is 24.8 Å². The summed E-state index contributed by atoms with van der Waals surface area (Å²) >= 11 is 6.28. The SMILES string of the molecule is COc1cc(OC)c(N2CC(C(=O)NC(c3ccccc3)c3ccccn3)CC2=O)cc1Cl. The van der Waals surface area contributed by atoms with Gasteiger partial charge in [0.1, 0.15) is 11.5 Å². The van der Waals surface area contributed by atoms with Crippen molar-refractivity contribution in [2.45, 2.75) is 12.5 Å². The Morgan fingerprint density at radius 1 is 1.09 bits per heavy atom. The number of aromatic nitrogens is 1. The summed E-state index contributed by atoms with van der Waals surface area (Å²) < 4.78 is 10.7. The molecule has 0 spiro atoms. The first-order chi connectivity index (χ1) is 16.0. The number of hydrogen-bond donors (Lipinski definition) is 1. The number of amides is 2. The highest BCUT2D eigenvalue weighted by Crippen LogP contribution is 2.40. The van der Waals surface area contributed by atoms with Crippen LogP contribution in [0.3, 0.4) is 0 Å². The van der Waals surface area contributed by atoms with Gasteiger partial charge in [-0.25, -0.2) is 0 Å². The molecule has 2 heterocycles. The summed E-state index contributed by atoms with van der Waals surface area (Å²) in [5.74, 6) is -0.0358. The molecule has 7 nitrogen and oxygen atoms in total. The molecule has 0 bridgehead atoms. The molecule has 170 valence electrons. The van der Waals surface area contributed by atoms with E-state index in [1.165, 1.54) is 19.1 Å². The Hall–Kier alpha value is -3.58. The molecular weight excluding hydrogens is 442 g/mol. The van der Waals surface area contributed by atoms with Crippen LogP contribution in [-0.2, 0) is 9.59 Å². The molecule has 2 atom stereocenters. The van der Waals surface area contributed by atoms with E-state index in [1.54, 1.807) is 18.3 Å². The molecule has 4 rings (SSSR count). The Kier molecular flexibility index (Phi) is 6.79. The average Bonchev–Trinajstić information content (AvgIpc) is 3.24. The van der Waals surface area contributed by atoms with Gasteiger partial charge in [-0.1, -0.05) is 48.0 Å².